The van der Waals surface area contributed by atoms with Gasteiger partial charge in [0.25, 0.3) is 0 Å². The summed E-state index contributed by atoms with van der Waals surface area (Å²) in [5.74, 6) is 0.576. The van der Waals surface area contributed by atoms with Gasteiger partial charge in [-0.2, -0.15) is 5.10 Å². The van der Waals surface area contributed by atoms with Gasteiger partial charge in [-0.3, -0.25) is 5.10 Å². The molecule has 0 aliphatic heterocycles. The van der Waals surface area contributed by atoms with Crippen LogP contribution in [0.1, 0.15) is 43.7 Å². The van der Waals surface area contributed by atoms with Crippen molar-refractivity contribution in [2.45, 2.75) is 45.2 Å². The van der Waals surface area contributed by atoms with Gasteiger partial charge in [-0.1, -0.05) is 38.1 Å². The van der Waals surface area contributed by atoms with Crippen LogP contribution in [0.2, 0.25) is 0 Å². The molecule has 1 aliphatic rings. The van der Waals surface area contributed by atoms with Crippen LogP contribution in [0.15, 0.2) is 30.5 Å². The Kier molecular flexibility index (Phi) is 3.38. The quantitative estimate of drug-likeness (QED) is 0.859. The molecule has 1 aliphatic carbocycles. The maximum atomic E-state index is 4.19. The Balaban J connectivity index is 1.78. The molecule has 0 atom stereocenters. The lowest BCUT2D eigenvalue weighted by atomic mass is 10.00. The van der Waals surface area contributed by atoms with Gasteiger partial charge in [0.1, 0.15) is 0 Å². The van der Waals surface area contributed by atoms with E-state index in [1.54, 1.807) is 0 Å². The first-order chi connectivity index (χ1) is 9.24. The van der Waals surface area contributed by atoms with Crippen molar-refractivity contribution < 1.29 is 0 Å². The molecule has 2 N–H and O–H groups in total. The summed E-state index contributed by atoms with van der Waals surface area (Å²) in [6.07, 6.45) is 4.56. The second-order valence-corrected chi connectivity index (χ2v) is 5.70. The number of nitrogens with one attached hydrogen (secondary N) is 2. The lowest BCUT2D eigenvalue weighted by Gasteiger charge is -2.08. The molecule has 3 heteroatoms. The Morgan fingerprint density at radius 1 is 1.26 bits per heavy atom. The van der Waals surface area contributed by atoms with Crippen LogP contribution in [0.4, 0.5) is 0 Å². The van der Waals surface area contributed by atoms with Crippen molar-refractivity contribution in [1.82, 2.24) is 15.5 Å². The number of nitrogens with zero attached hydrogens (tertiary/aromatic N) is 1. The summed E-state index contributed by atoms with van der Waals surface area (Å²) in [5.41, 5.74) is 4.99. The minimum Gasteiger partial charge on any atom is -0.310 e. The first kappa shape index (κ1) is 12.4. The van der Waals surface area contributed by atoms with Gasteiger partial charge in [-0.25, -0.2) is 0 Å². The second kappa shape index (κ2) is 5.17. The van der Waals surface area contributed by atoms with Crippen LogP contribution in [-0.4, -0.2) is 16.2 Å². The van der Waals surface area contributed by atoms with E-state index in [4.69, 9.17) is 0 Å². The maximum absolute atomic E-state index is 4.19. The zero-order valence-corrected chi connectivity index (χ0v) is 11.6. The van der Waals surface area contributed by atoms with Gasteiger partial charge in [0, 0.05) is 18.2 Å². The van der Waals surface area contributed by atoms with Crippen LogP contribution in [0.5, 0.6) is 0 Å². The number of aromatic amines is 1. The van der Waals surface area contributed by atoms with Crippen molar-refractivity contribution in [3.8, 4) is 11.3 Å². The first-order valence-electron chi connectivity index (χ1n) is 7.10. The normalized spacial score (nSPS) is 15.1. The zero-order valence-electron chi connectivity index (χ0n) is 11.6. The highest BCUT2D eigenvalue weighted by Crippen LogP contribution is 2.25. The van der Waals surface area contributed by atoms with E-state index in [0.717, 1.165) is 18.3 Å². The summed E-state index contributed by atoms with van der Waals surface area (Å²) in [7, 11) is 0. The summed E-state index contributed by atoms with van der Waals surface area (Å²) < 4.78 is 0. The molecule has 3 rings (SSSR count). The van der Waals surface area contributed by atoms with Gasteiger partial charge < -0.3 is 5.32 Å². The molecule has 0 amide bonds. The van der Waals surface area contributed by atoms with Gasteiger partial charge >= 0.3 is 0 Å². The van der Waals surface area contributed by atoms with Crippen LogP contribution in [0.25, 0.3) is 11.3 Å². The third-order valence-electron chi connectivity index (χ3n) is 3.74. The number of hydrogen-bond acceptors (Lipinski definition) is 2. The Labute approximate surface area is 114 Å². The molecule has 100 valence electrons. The summed E-state index contributed by atoms with van der Waals surface area (Å²) in [6.45, 7) is 5.34. The molecule has 1 fully saturated rings. The number of hydrogen-bond donors (Lipinski definition) is 2. The minimum atomic E-state index is 0.576. The molecule has 0 unspecified atom stereocenters. The molecule has 3 nitrogen and oxygen atoms in total. The molecule has 1 aromatic carbocycles. The van der Waals surface area contributed by atoms with Crippen molar-refractivity contribution in [2.75, 3.05) is 0 Å². The van der Waals surface area contributed by atoms with Gasteiger partial charge in [0.2, 0.25) is 0 Å². The topological polar surface area (TPSA) is 40.7 Å². The third-order valence-corrected chi connectivity index (χ3v) is 3.74. The van der Waals surface area contributed by atoms with Crippen LogP contribution in [0.3, 0.4) is 0 Å². The molecule has 0 bridgehead atoms. The van der Waals surface area contributed by atoms with E-state index in [0.29, 0.717) is 5.92 Å². The van der Waals surface area contributed by atoms with E-state index in [1.165, 1.54) is 29.5 Å². The molecule has 0 spiro atoms. The van der Waals surface area contributed by atoms with Crippen LogP contribution in [-0.2, 0) is 6.54 Å². The molecule has 1 heterocycles. The summed E-state index contributed by atoms with van der Waals surface area (Å²) in [6, 6.07) is 9.51. The van der Waals surface area contributed by atoms with Crippen LogP contribution in [0, 0.1) is 0 Å². The average Bonchev–Trinajstić information content (AvgIpc) is 3.13. The smallest absolute Gasteiger partial charge is 0.0695 e. The predicted octanol–water partition coefficient (Wildman–Crippen LogP) is 3.45. The van der Waals surface area contributed by atoms with E-state index in [9.17, 15) is 0 Å². The second-order valence-electron chi connectivity index (χ2n) is 5.70. The number of H-pyrrole nitrogens is 1. The molecular weight excluding hydrogens is 234 g/mol. The van der Waals surface area contributed by atoms with E-state index in [-0.39, 0.29) is 0 Å². The highest BCUT2D eigenvalue weighted by Gasteiger charge is 2.20. The largest absolute Gasteiger partial charge is 0.310 e. The van der Waals surface area contributed by atoms with Crippen molar-refractivity contribution >= 4 is 0 Å². The first-order valence-corrected chi connectivity index (χ1v) is 7.10. The van der Waals surface area contributed by atoms with Crippen molar-refractivity contribution in [3.63, 3.8) is 0 Å². The number of rotatable bonds is 5. The Hall–Kier alpha value is -1.61. The fourth-order valence-electron chi connectivity index (χ4n) is 2.27. The van der Waals surface area contributed by atoms with E-state index >= 15 is 0 Å². The van der Waals surface area contributed by atoms with E-state index < -0.39 is 0 Å². The van der Waals surface area contributed by atoms with Crippen LogP contribution < -0.4 is 5.32 Å². The fraction of sp³-hybridized carbons (Fsp3) is 0.438. The SMILES string of the molecule is CC(C)c1ccc(-c2[nH]ncc2CNC2CC2)cc1. The van der Waals surface area contributed by atoms with Crippen molar-refractivity contribution in [3.05, 3.63) is 41.6 Å². The van der Waals surface area contributed by atoms with Gasteiger partial charge in [-0.05, 0) is 29.9 Å². The van der Waals surface area contributed by atoms with Gasteiger partial charge in [0.15, 0.2) is 0 Å². The summed E-state index contributed by atoms with van der Waals surface area (Å²) >= 11 is 0. The standard InChI is InChI=1S/C16H21N3/c1-11(2)12-3-5-13(6-4-12)16-14(10-18-19-16)9-17-15-7-8-15/h3-6,10-11,15,17H,7-9H2,1-2H3,(H,18,19). The molecule has 1 aromatic heterocycles. The zero-order chi connectivity index (χ0) is 13.2. The van der Waals surface area contributed by atoms with Crippen molar-refractivity contribution in [1.29, 1.82) is 0 Å². The van der Waals surface area contributed by atoms with Gasteiger partial charge in [0.05, 0.1) is 11.9 Å². The summed E-state index contributed by atoms with van der Waals surface area (Å²) in [5, 5.41) is 10.9. The minimum absolute atomic E-state index is 0.576. The average molecular weight is 255 g/mol. The third kappa shape index (κ3) is 2.87. The summed E-state index contributed by atoms with van der Waals surface area (Å²) in [4.78, 5) is 0. The lowest BCUT2D eigenvalue weighted by molar-refractivity contribution is 0.689. The molecule has 0 radical (unpaired) electrons. The molecule has 2 aromatic rings. The maximum Gasteiger partial charge on any atom is 0.0695 e. The highest BCUT2D eigenvalue weighted by molar-refractivity contribution is 5.63. The molecule has 19 heavy (non-hydrogen) atoms. The number of benzene rings is 1. The Bertz CT molecular complexity index is 535. The molecular formula is C16H21N3. The monoisotopic (exact) mass is 255 g/mol. The van der Waals surface area contributed by atoms with Crippen LogP contribution >= 0.6 is 0 Å². The Morgan fingerprint density at radius 2 is 2.00 bits per heavy atom. The molecule has 0 saturated heterocycles. The molecule has 1 saturated carbocycles. The highest BCUT2D eigenvalue weighted by atomic mass is 15.1. The van der Waals surface area contributed by atoms with E-state index in [2.05, 4.69) is 53.6 Å². The fourth-order valence-corrected chi connectivity index (χ4v) is 2.27. The number of aromatic nitrogens is 2. The van der Waals surface area contributed by atoms with E-state index in [1.807, 2.05) is 6.20 Å². The predicted molar refractivity (Wildman–Crippen MR) is 78.0 cm³/mol. The Morgan fingerprint density at radius 3 is 2.63 bits per heavy atom. The van der Waals surface area contributed by atoms with Crippen molar-refractivity contribution in [2.24, 2.45) is 0 Å². The van der Waals surface area contributed by atoms with Gasteiger partial charge in [-0.15, -0.1) is 0 Å². The lowest BCUT2D eigenvalue weighted by Crippen LogP contribution is -2.15.